The third kappa shape index (κ3) is 3.96. The number of H-pyrrole nitrogens is 1. The molecule has 2 N–H and O–H groups in total. The molecule has 5 nitrogen and oxygen atoms in total. The first-order valence-electron chi connectivity index (χ1n) is 7.45. The van der Waals surface area contributed by atoms with Crippen molar-refractivity contribution in [3.05, 3.63) is 75.3 Å². The molecule has 1 heterocycles. The lowest BCUT2D eigenvalue weighted by Crippen LogP contribution is -2.14. The average Bonchev–Trinajstić information content (AvgIpc) is 2.98. The lowest BCUT2D eigenvalue weighted by atomic mass is 10.1. The first kappa shape index (κ1) is 16.5. The minimum Gasteiger partial charge on any atom is -0.489 e. The first-order chi connectivity index (χ1) is 11.6. The summed E-state index contributed by atoms with van der Waals surface area (Å²) in [7, 11) is 0. The van der Waals surface area contributed by atoms with Gasteiger partial charge in [0, 0.05) is 10.6 Å². The van der Waals surface area contributed by atoms with Gasteiger partial charge in [0.05, 0.1) is 6.54 Å². The van der Waals surface area contributed by atoms with Gasteiger partial charge in [-0.25, -0.2) is 4.68 Å². The van der Waals surface area contributed by atoms with Crippen molar-refractivity contribution in [3.8, 4) is 5.75 Å². The second-order valence-electron chi connectivity index (χ2n) is 5.33. The van der Waals surface area contributed by atoms with Gasteiger partial charge in [0.2, 0.25) is 4.77 Å². The predicted octanol–water partition coefficient (Wildman–Crippen LogP) is 4.23. The molecule has 0 saturated heterocycles. The Bertz CT molecular complexity index is 890. The Kier molecular flexibility index (Phi) is 5.17. The quantitative estimate of drug-likeness (QED) is 0.646. The van der Waals surface area contributed by atoms with Gasteiger partial charge in [-0.1, -0.05) is 35.9 Å². The maximum atomic E-state index is 6.12. The minimum absolute atomic E-state index is 0.499. The van der Waals surface area contributed by atoms with Gasteiger partial charge in [0.15, 0.2) is 0 Å². The SMILES string of the molecule is Cc1ccccc1COc1ccc(Cl)cc1CNn1cn[nH]c1=S. The van der Waals surface area contributed by atoms with Crippen molar-refractivity contribution in [1.82, 2.24) is 14.9 Å². The van der Waals surface area contributed by atoms with Crippen LogP contribution in [-0.4, -0.2) is 14.9 Å². The molecule has 0 spiro atoms. The summed E-state index contributed by atoms with van der Waals surface area (Å²) in [6, 6.07) is 13.7. The third-order valence-corrected chi connectivity index (χ3v) is 4.18. The normalized spacial score (nSPS) is 10.6. The molecule has 0 saturated carbocycles. The van der Waals surface area contributed by atoms with Gasteiger partial charge >= 0.3 is 0 Å². The Morgan fingerprint density at radius 3 is 2.83 bits per heavy atom. The zero-order chi connectivity index (χ0) is 16.9. The molecule has 0 bridgehead atoms. The zero-order valence-electron chi connectivity index (χ0n) is 13.1. The molecule has 3 rings (SSSR count). The van der Waals surface area contributed by atoms with Gasteiger partial charge < -0.3 is 10.2 Å². The van der Waals surface area contributed by atoms with Gasteiger partial charge in [0.1, 0.15) is 18.7 Å². The topological polar surface area (TPSA) is 54.9 Å². The molecule has 0 unspecified atom stereocenters. The number of nitrogens with zero attached hydrogens (tertiary/aromatic N) is 2. The summed E-state index contributed by atoms with van der Waals surface area (Å²) in [5.41, 5.74) is 6.47. The Labute approximate surface area is 150 Å². The fraction of sp³-hybridized carbons (Fsp3) is 0.176. The van der Waals surface area contributed by atoms with Crippen LogP contribution in [0.5, 0.6) is 5.75 Å². The van der Waals surface area contributed by atoms with Crippen molar-refractivity contribution in [2.24, 2.45) is 0 Å². The van der Waals surface area contributed by atoms with Crippen molar-refractivity contribution in [2.75, 3.05) is 5.43 Å². The van der Waals surface area contributed by atoms with Gasteiger partial charge in [-0.3, -0.25) is 5.10 Å². The number of rotatable bonds is 6. The summed E-state index contributed by atoms with van der Waals surface area (Å²) in [5.74, 6) is 0.783. The van der Waals surface area contributed by atoms with E-state index in [1.807, 2.05) is 30.3 Å². The summed E-state index contributed by atoms with van der Waals surface area (Å²) in [5, 5.41) is 7.22. The summed E-state index contributed by atoms with van der Waals surface area (Å²) in [6.07, 6.45) is 1.58. The van der Waals surface area contributed by atoms with Crippen LogP contribution in [0.2, 0.25) is 5.02 Å². The molecule has 1 aromatic heterocycles. The smallest absolute Gasteiger partial charge is 0.214 e. The average molecular weight is 361 g/mol. The molecular formula is C17H17ClN4OS. The maximum absolute atomic E-state index is 6.12. The van der Waals surface area contributed by atoms with Crippen molar-refractivity contribution in [1.29, 1.82) is 0 Å². The molecule has 0 amide bonds. The molecule has 0 aliphatic carbocycles. The molecule has 0 atom stereocenters. The highest BCUT2D eigenvalue weighted by atomic mass is 35.5. The summed E-state index contributed by atoms with van der Waals surface area (Å²) in [6.45, 7) is 3.09. The second kappa shape index (κ2) is 7.51. The Balaban J connectivity index is 1.74. The van der Waals surface area contributed by atoms with Crippen LogP contribution < -0.4 is 10.2 Å². The number of halogens is 1. The highest BCUT2D eigenvalue weighted by Crippen LogP contribution is 2.24. The number of benzene rings is 2. The number of hydrogen-bond donors (Lipinski definition) is 2. The van der Waals surface area contributed by atoms with Crippen LogP contribution in [0.25, 0.3) is 0 Å². The number of hydrogen-bond acceptors (Lipinski definition) is 4. The molecule has 124 valence electrons. The van der Waals surface area contributed by atoms with Gasteiger partial charge in [-0.05, 0) is 48.5 Å². The Morgan fingerprint density at radius 2 is 2.08 bits per heavy atom. The third-order valence-electron chi connectivity index (χ3n) is 3.66. The van der Waals surface area contributed by atoms with Crippen LogP contribution in [-0.2, 0) is 13.2 Å². The molecule has 24 heavy (non-hydrogen) atoms. The Morgan fingerprint density at radius 1 is 1.25 bits per heavy atom. The monoisotopic (exact) mass is 360 g/mol. The van der Waals surface area contributed by atoms with Crippen molar-refractivity contribution in [2.45, 2.75) is 20.1 Å². The molecule has 3 aromatic rings. The van der Waals surface area contributed by atoms with Crippen LogP contribution in [0, 0.1) is 11.7 Å². The van der Waals surface area contributed by atoms with Gasteiger partial charge in [-0.15, -0.1) is 0 Å². The van der Waals surface area contributed by atoms with Crippen molar-refractivity contribution in [3.63, 3.8) is 0 Å². The van der Waals surface area contributed by atoms with Crippen LogP contribution in [0.4, 0.5) is 0 Å². The fourth-order valence-electron chi connectivity index (χ4n) is 2.29. The maximum Gasteiger partial charge on any atom is 0.214 e. The van der Waals surface area contributed by atoms with E-state index in [-0.39, 0.29) is 0 Å². The van der Waals surface area contributed by atoms with Crippen LogP contribution in [0.15, 0.2) is 48.8 Å². The van der Waals surface area contributed by atoms with Crippen molar-refractivity contribution < 1.29 is 4.74 Å². The van der Waals surface area contributed by atoms with Crippen LogP contribution >= 0.6 is 23.8 Å². The summed E-state index contributed by atoms with van der Waals surface area (Å²) >= 11 is 11.2. The molecule has 7 heteroatoms. The van der Waals surface area contributed by atoms with E-state index in [1.54, 1.807) is 11.0 Å². The van der Waals surface area contributed by atoms with Gasteiger partial charge in [-0.2, -0.15) is 5.10 Å². The van der Waals surface area contributed by atoms with E-state index in [0.717, 1.165) is 16.9 Å². The molecule has 2 aromatic carbocycles. The Hall–Kier alpha value is -2.31. The van der Waals surface area contributed by atoms with Crippen LogP contribution in [0.1, 0.15) is 16.7 Å². The highest BCUT2D eigenvalue weighted by molar-refractivity contribution is 7.71. The molecule has 0 fully saturated rings. The van der Waals surface area contributed by atoms with E-state index in [9.17, 15) is 0 Å². The molecular weight excluding hydrogens is 344 g/mol. The lowest BCUT2D eigenvalue weighted by molar-refractivity contribution is 0.302. The van der Waals surface area contributed by atoms with E-state index in [4.69, 9.17) is 28.6 Å². The van der Waals surface area contributed by atoms with E-state index in [0.29, 0.717) is 22.9 Å². The van der Waals surface area contributed by atoms with E-state index in [2.05, 4.69) is 34.7 Å². The number of aromatic nitrogens is 3. The van der Waals surface area contributed by atoms with E-state index < -0.39 is 0 Å². The standard InChI is InChI=1S/C17H17ClN4OS/c1-12-4-2-3-5-13(12)10-23-16-7-6-15(18)8-14(16)9-20-22-11-19-21-17(22)24/h2-8,11,20H,9-10H2,1H3,(H,21,24). The minimum atomic E-state index is 0.499. The van der Waals surface area contributed by atoms with E-state index >= 15 is 0 Å². The number of nitrogens with one attached hydrogen (secondary N) is 2. The molecule has 0 aliphatic heterocycles. The second-order valence-corrected chi connectivity index (χ2v) is 6.16. The summed E-state index contributed by atoms with van der Waals surface area (Å²) < 4.78 is 8.14. The predicted molar refractivity (Wildman–Crippen MR) is 97.4 cm³/mol. The summed E-state index contributed by atoms with van der Waals surface area (Å²) in [4.78, 5) is 0. The van der Waals surface area contributed by atoms with Crippen molar-refractivity contribution >= 4 is 23.8 Å². The van der Waals surface area contributed by atoms with E-state index in [1.165, 1.54) is 5.56 Å². The largest absolute Gasteiger partial charge is 0.489 e. The van der Waals surface area contributed by atoms with Gasteiger partial charge in [0.25, 0.3) is 0 Å². The fourth-order valence-corrected chi connectivity index (χ4v) is 2.64. The number of aryl methyl sites for hydroxylation is 1. The number of aromatic amines is 1. The number of ether oxygens (including phenoxy) is 1. The highest BCUT2D eigenvalue weighted by Gasteiger charge is 2.07. The van der Waals surface area contributed by atoms with Crippen LogP contribution in [0.3, 0.4) is 0 Å². The molecule has 0 radical (unpaired) electrons. The molecule has 0 aliphatic rings. The zero-order valence-corrected chi connectivity index (χ0v) is 14.7. The first-order valence-corrected chi connectivity index (χ1v) is 8.24. The lowest BCUT2D eigenvalue weighted by Gasteiger charge is -2.14.